The Balaban J connectivity index is 1.98. The fourth-order valence-electron chi connectivity index (χ4n) is 4.36. The number of rotatable bonds is 10. The summed E-state index contributed by atoms with van der Waals surface area (Å²) in [4.78, 5) is 0. The van der Waals surface area contributed by atoms with Crippen LogP contribution in [0.1, 0.15) is 50.1 Å². The molecule has 34 heavy (non-hydrogen) atoms. The van der Waals surface area contributed by atoms with Crippen molar-refractivity contribution in [1.29, 1.82) is 0 Å². The zero-order valence-corrected chi connectivity index (χ0v) is 19.5. The van der Waals surface area contributed by atoms with Gasteiger partial charge in [-0.3, -0.25) is 0 Å². The van der Waals surface area contributed by atoms with Gasteiger partial charge in [-0.25, -0.2) is 0 Å². The first-order valence-electron chi connectivity index (χ1n) is 11.2. The first-order valence-corrected chi connectivity index (χ1v) is 11.2. The van der Waals surface area contributed by atoms with E-state index < -0.39 is 0 Å². The lowest BCUT2D eigenvalue weighted by Gasteiger charge is -2.15. The molecule has 0 aromatic heterocycles. The molecule has 0 amide bonds. The molecule has 3 aromatic carbocycles. The van der Waals surface area contributed by atoms with Crippen LogP contribution in [0, 0.1) is 6.92 Å². The topological polar surface area (TPSA) is 101 Å². The van der Waals surface area contributed by atoms with Crippen molar-refractivity contribution in [3.05, 3.63) is 112 Å². The summed E-state index contributed by atoms with van der Waals surface area (Å²) in [6.45, 7) is 8.77. The van der Waals surface area contributed by atoms with Crippen molar-refractivity contribution < 1.29 is 25.5 Å². The maximum Gasteiger partial charge on any atom is 0.124 e. The highest BCUT2D eigenvalue weighted by atomic mass is 16.3. The minimum Gasteiger partial charge on any atom is -0.507 e. The van der Waals surface area contributed by atoms with E-state index in [1.807, 2.05) is 31.2 Å². The number of aliphatic hydroxyl groups is 2. The van der Waals surface area contributed by atoms with Crippen LogP contribution in [0.2, 0.25) is 0 Å². The van der Waals surface area contributed by atoms with Crippen molar-refractivity contribution in [1.82, 2.24) is 0 Å². The highest BCUT2D eigenvalue weighted by molar-refractivity contribution is 5.51. The first-order chi connectivity index (χ1) is 16.3. The summed E-state index contributed by atoms with van der Waals surface area (Å²) in [7, 11) is 0. The molecule has 0 unspecified atom stereocenters. The Morgan fingerprint density at radius 2 is 1.00 bits per heavy atom. The van der Waals surface area contributed by atoms with E-state index in [0.29, 0.717) is 47.9 Å². The normalized spacial score (nSPS) is 10.9. The SMILES string of the molecule is C=CCc1cc(Cc2cc(C)c(O)c(Cc3cc(CO)c(O)c(CC=C)c3)c2)cc(CO)c1O. The summed E-state index contributed by atoms with van der Waals surface area (Å²) >= 11 is 0. The predicted molar refractivity (Wildman–Crippen MR) is 134 cm³/mol. The van der Waals surface area contributed by atoms with Crippen LogP contribution in [-0.2, 0) is 38.9 Å². The van der Waals surface area contributed by atoms with Crippen molar-refractivity contribution in [2.45, 2.75) is 45.8 Å². The van der Waals surface area contributed by atoms with Crippen molar-refractivity contribution in [2.24, 2.45) is 0 Å². The third-order valence-corrected chi connectivity index (χ3v) is 5.97. The van der Waals surface area contributed by atoms with Crippen LogP contribution in [0.25, 0.3) is 0 Å². The third-order valence-electron chi connectivity index (χ3n) is 5.97. The summed E-state index contributed by atoms with van der Waals surface area (Å²) in [5, 5.41) is 50.7. The molecule has 0 heterocycles. The van der Waals surface area contributed by atoms with E-state index in [0.717, 1.165) is 27.8 Å². The van der Waals surface area contributed by atoms with Crippen LogP contribution in [0.4, 0.5) is 0 Å². The van der Waals surface area contributed by atoms with Gasteiger partial charge in [-0.2, -0.15) is 0 Å². The smallest absolute Gasteiger partial charge is 0.124 e. The number of phenolic OH excluding ortho intramolecular Hbond substituents is 1. The molecule has 0 atom stereocenters. The summed E-state index contributed by atoms with van der Waals surface area (Å²) in [5.41, 5.74) is 6.58. The molecule has 5 heteroatoms. The molecule has 0 spiro atoms. The number of aliphatic hydroxyl groups excluding tert-OH is 2. The van der Waals surface area contributed by atoms with Gasteiger partial charge in [0.25, 0.3) is 0 Å². The molecule has 3 aromatic rings. The van der Waals surface area contributed by atoms with Gasteiger partial charge in [-0.15, -0.1) is 13.2 Å². The summed E-state index contributed by atoms with van der Waals surface area (Å²) in [5.74, 6) is 0.375. The predicted octanol–water partition coefficient (Wildman–Crippen LogP) is 4.74. The Kier molecular flexibility index (Phi) is 8.16. The Bertz CT molecular complexity index is 1210. The van der Waals surface area contributed by atoms with Crippen LogP contribution >= 0.6 is 0 Å². The lowest BCUT2D eigenvalue weighted by Crippen LogP contribution is -2.00. The van der Waals surface area contributed by atoms with Crippen LogP contribution < -0.4 is 0 Å². The molecule has 0 aliphatic rings. The molecule has 0 aliphatic carbocycles. The van der Waals surface area contributed by atoms with Gasteiger partial charge in [0.15, 0.2) is 0 Å². The van der Waals surface area contributed by atoms with E-state index in [2.05, 4.69) is 13.2 Å². The fraction of sp³-hybridized carbons (Fsp3) is 0.241. The van der Waals surface area contributed by atoms with Crippen LogP contribution in [0.5, 0.6) is 17.2 Å². The van der Waals surface area contributed by atoms with E-state index in [1.54, 1.807) is 24.3 Å². The molecule has 0 fully saturated rings. The monoisotopic (exact) mass is 460 g/mol. The largest absolute Gasteiger partial charge is 0.507 e. The Hall–Kier alpha value is -3.54. The second kappa shape index (κ2) is 11.1. The lowest BCUT2D eigenvalue weighted by atomic mass is 9.92. The first kappa shape index (κ1) is 25.1. The standard InChI is InChI=1S/C29H32O5/c1-4-6-22-10-20(14-25(16-30)28(22)33)9-19-8-18(3)27(32)24(12-19)13-21-11-23(7-5-2)29(34)26(15-21)17-31/h4-5,8,10-12,14-15,30-34H,1-2,6-7,9,13,16-17H2,3H3. The summed E-state index contributed by atoms with van der Waals surface area (Å²) < 4.78 is 0. The second-order valence-corrected chi connectivity index (χ2v) is 8.60. The van der Waals surface area contributed by atoms with Crippen molar-refractivity contribution in [3.63, 3.8) is 0 Å². The minimum atomic E-state index is -0.282. The Labute approximate surface area is 200 Å². The average Bonchev–Trinajstić information content (AvgIpc) is 2.81. The summed E-state index contributed by atoms with van der Waals surface area (Å²) in [6.07, 6.45) is 5.36. The Morgan fingerprint density at radius 3 is 1.47 bits per heavy atom. The molecule has 5 nitrogen and oxygen atoms in total. The van der Waals surface area contributed by atoms with E-state index >= 15 is 0 Å². The Morgan fingerprint density at radius 1 is 0.588 bits per heavy atom. The molecule has 3 rings (SSSR count). The van der Waals surface area contributed by atoms with Gasteiger partial charge in [0.05, 0.1) is 13.2 Å². The molecule has 0 aliphatic heterocycles. The van der Waals surface area contributed by atoms with E-state index in [9.17, 15) is 25.5 Å². The van der Waals surface area contributed by atoms with E-state index in [-0.39, 0.29) is 30.5 Å². The van der Waals surface area contributed by atoms with Crippen molar-refractivity contribution in [2.75, 3.05) is 0 Å². The maximum absolute atomic E-state index is 10.7. The minimum absolute atomic E-state index is 0.0719. The van der Waals surface area contributed by atoms with Gasteiger partial charge in [0, 0.05) is 17.5 Å². The van der Waals surface area contributed by atoms with Gasteiger partial charge in [0.2, 0.25) is 0 Å². The number of phenols is 3. The number of hydrogen-bond donors (Lipinski definition) is 5. The van der Waals surface area contributed by atoms with E-state index in [1.165, 1.54) is 0 Å². The molecule has 0 bridgehead atoms. The second-order valence-electron chi connectivity index (χ2n) is 8.60. The quantitative estimate of drug-likeness (QED) is 0.282. The van der Waals surface area contributed by atoms with Crippen molar-refractivity contribution in [3.8, 4) is 17.2 Å². The molecule has 5 N–H and O–H groups in total. The molecular weight excluding hydrogens is 428 g/mol. The number of allylic oxidation sites excluding steroid dienone is 2. The molecule has 178 valence electrons. The highest BCUT2D eigenvalue weighted by Crippen LogP contribution is 2.32. The van der Waals surface area contributed by atoms with Crippen LogP contribution in [0.3, 0.4) is 0 Å². The number of aromatic hydroxyl groups is 3. The average molecular weight is 461 g/mol. The van der Waals surface area contributed by atoms with Gasteiger partial charge in [-0.05, 0) is 77.3 Å². The van der Waals surface area contributed by atoms with Gasteiger partial charge >= 0.3 is 0 Å². The zero-order chi connectivity index (χ0) is 24.8. The molecular formula is C29H32O5. The highest BCUT2D eigenvalue weighted by Gasteiger charge is 2.14. The molecule has 0 radical (unpaired) electrons. The number of benzene rings is 3. The van der Waals surface area contributed by atoms with Gasteiger partial charge < -0.3 is 25.5 Å². The molecule has 0 saturated heterocycles. The number of hydrogen-bond acceptors (Lipinski definition) is 5. The fourth-order valence-corrected chi connectivity index (χ4v) is 4.36. The van der Waals surface area contributed by atoms with Gasteiger partial charge in [0.1, 0.15) is 17.2 Å². The molecule has 0 saturated carbocycles. The van der Waals surface area contributed by atoms with Gasteiger partial charge in [-0.1, -0.05) is 36.4 Å². The third kappa shape index (κ3) is 5.50. The van der Waals surface area contributed by atoms with Crippen LogP contribution in [-0.4, -0.2) is 25.5 Å². The number of aryl methyl sites for hydroxylation is 1. The summed E-state index contributed by atoms with van der Waals surface area (Å²) in [6, 6.07) is 11.2. The van der Waals surface area contributed by atoms with Crippen LogP contribution in [0.15, 0.2) is 61.7 Å². The maximum atomic E-state index is 10.7. The van der Waals surface area contributed by atoms with E-state index in [4.69, 9.17) is 0 Å². The van der Waals surface area contributed by atoms with Crippen molar-refractivity contribution >= 4 is 0 Å². The zero-order valence-electron chi connectivity index (χ0n) is 19.5. The lowest BCUT2D eigenvalue weighted by molar-refractivity contribution is 0.274.